The molecule has 15 heteroatoms. The predicted molar refractivity (Wildman–Crippen MR) is 113 cm³/mol. The largest absolute Gasteiger partial charge is 0.462 e. The van der Waals surface area contributed by atoms with E-state index in [1.807, 2.05) is 0 Å². The Morgan fingerprint density at radius 3 is 2.32 bits per heavy atom. The normalized spacial score (nSPS) is 11.4. The summed E-state index contributed by atoms with van der Waals surface area (Å²) < 4.78 is 50.1. The summed E-state index contributed by atoms with van der Waals surface area (Å²) >= 11 is 0.725. The Bertz CT molecular complexity index is 1140. The molecule has 2 aromatic rings. The minimum atomic E-state index is -5.11. The third-order valence-electron chi connectivity index (χ3n) is 4.33. The van der Waals surface area contributed by atoms with Crippen LogP contribution in [0.15, 0.2) is 0 Å². The number of esters is 2. The lowest BCUT2D eigenvalue weighted by molar-refractivity contribution is -0.388. The van der Waals surface area contributed by atoms with Gasteiger partial charge in [-0.15, -0.1) is 11.3 Å². The maximum absolute atomic E-state index is 13.1. The fraction of sp³-hybridized carbons (Fsp3) is 0.474. The van der Waals surface area contributed by atoms with Crippen LogP contribution in [-0.4, -0.2) is 45.3 Å². The molecule has 0 aromatic carbocycles. The van der Waals surface area contributed by atoms with Gasteiger partial charge in [0.05, 0.1) is 23.2 Å². The van der Waals surface area contributed by atoms with Crippen molar-refractivity contribution in [2.45, 2.75) is 53.4 Å². The first-order chi connectivity index (χ1) is 15.7. The number of nitrogens with one attached hydrogen (secondary N) is 1. The van der Waals surface area contributed by atoms with E-state index in [4.69, 9.17) is 9.47 Å². The predicted octanol–water partition coefficient (Wildman–Crippen LogP) is 3.87. The number of carbonyl (C=O) groups is 3. The van der Waals surface area contributed by atoms with Crippen molar-refractivity contribution in [1.82, 2.24) is 9.78 Å². The van der Waals surface area contributed by atoms with E-state index in [1.165, 1.54) is 6.92 Å². The highest BCUT2D eigenvalue weighted by molar-refractivity contribution is 7.18. The number of anilines is 1. The molecular weight excluding hydrogens is 485 g/mol. The van der Waals surface area contributed by atoms with Crippen molar-refractivity contribution in [1.29, 1.82) is 0 Å². The fourth-order valence-corrected chi connectivity index (χ4v) is 4.02. The van der Waals surface area contributed by atoms with Gasteiger partial charge in [-0.25, -0.2) is 9.59 Å². The summed E-state index contributed by atoms with van der Waals surface area (Å²) in [6.45, 7) is 6.47. The second kappa shape index (κ2) is 10.2. The van der Waals surface area contributed by atoms with Crippen LogP contribution in [0.3, 0.4) is 0 Å². The number of halogens is 3. The molecular formula is C19H21F3N4O7S. The first-order valence-electron chi connectivity index (χ1n) is 9.79. The number of nitrogens with zero attached hydrogens (tertiary/aromatic N) is 3. The van der Waals surface area contributed by atoms with Crippen LogP contribution in [0.5, 0.6) is 0 Å². The maximum Gasteiger partial charge on any atom is 0.442 e. The van der Waals surface area contributed by atoms with E-state index in [-0.39, 0.29) is 27.6 Å². The second-order valence-corrected chi connectivity index (χ2v) is 8.20. The quantitative estimate of drug-likeness (QED) is 0.323. The molecule has 11 nitrogen and oxygen atoms in total. The summed E-state index contributed by atoms with van der Waals surface area (Å²) in [5.41, 5.74) is -3.41. The molecule has 0 radical (unpaired) electrons. The van der Waals surface area contributed by atoms with E-state index in [0.717, 1.165) is 18.3 Å². The molecule has 0 spiro atoms. The number of hydrogen-bond acceptors (Lipinski definition) is 9. The van der Waals surface area contributed by atoms with Crippen molar-refractivity contribution in [3.63, 3.8) is 0 Å². The van der Waals surface area contributed by atoms with Gasteiger partial charge in [-0.05, 0) is 40.2 Å². The number of ether oxygens (including phenoxy) is 2. The van der Waals surface area contributed by atoms with E-state index in [1.54, 1.807) is 20.8 Å². The SMILES string of the molecule is CCOC(=O)c1sc(NC(=O)Cn2nc(C(F)(F)F)c([N+](=O)[O-])c2C)c(C(=O)OC(C)C)c1C. The molecule has 1 N–H and O–H groups in total. The van der Waals surface area contributed by atoms with Crippen LogP contribution in [0.2, 0.25) is 0 Å². The maximum atomic E-state index is 13.1. The lowest BCUT2D eigenvalue weighted by Crippen LogP contribution is -2.22. The van der Waals surface area contributed by atoms with Crippen molar-refractivity contribution in [3.05, 3.63) is 37.5 Å². The van der Waals surface area contributed by atoms with Gasteiger partial charge in [-0.1, -0.05) is 0 Å². The van der Waals surface area contributed by atoms with Crippen molar-refractivity contribution >= 4 is 39.9 Å². The van der Waals surface area contributed by atoms with Gasteiger partial charge in [0.15, 0.2) is 0 Å². The zero-order chi connectivity index (χ0) is 26.0. The highest BCUT2D eigenvalue weighted by atomic mass is 32.1. The number of carbonyl (C=O) groups excluding carboxylic acids is 3. The van der Waals surface area contributed by atoms with Crippen LogP contribution in [0.4, 0.5) is 23.9 Å². The first kappa shape index (κ1) is 26.8. The molecule has 0 fully saturated rings. The van der Waals surface area contributed by atoms with Crippen molar-refractivity contribution in [2.24, 2.45) is 0 Å². The number of alkyl halides is 3. The third-order valence-corrected chi connectivity index (χ3v) is 5.51. The number of thiophene rings is 1. The van der Waals surface area contributed by atoms with Crippen molar-refractivity contribution < 1.29 is 42.0 Å². The second-order valence-electron chi connectivity index (χ2n) is 7.18. The zero-order valence-electron chi connectivity index (χ0n) is 18.7. The highest BCUT2D eigenvalue weighted by Crippen LogP contribution is 2.37. The molecule has 2 aromatic heterocycles. The third kappa shape index (κ3) is 5.70. The van der Waals surface area contributed by atoms with Gasteiger partial charge >= 0.3 is 23.8 Å². The zero-order valence-corrected chi connectivity index (χ0v) is 19.5. The van der Waals surface area contributed by atoms with E-state index < -0.39 is 58.7 Å². The summed E-state index contributed by atoms with van der Waals surface area (Å²) in [4.78, 5) is 47.3. The number of hydrogen-bond donors (Lipinski definition) is 1. The lowest BCUT2D eigenvalue weighted by Gasteiger charge is -2.10. The van der Waals surface area contributed by atoms with Crippen LogP contribution in [-0.2, 0) is 27.0 Å². The highest BCUT2D eigenvalue weighted by Gasteiger charge is 2.44. The lowest BCUT2D eigenvalue weighted by atomic mass is 10.1. The van der Waals surface area contributed by atoms with Gasteiger partial charge in [0.1, 0.15) is 22.1 Å². The topological polar surface area (TPSA) is 143 Å². The average Bonchev–Trinajstić information content (AvgIpc) is 3.18. The number of nitro groups is 1. The smallest absolute Gasteiger partial charge is 0.442 e. The van der Waals surface area contributed by atoms with Gasteiger partial charge in [0.25, 0.3) is 0 Å². The Morgan fingerprint density at radius 1 is 1.24 bits per heavy atom. The summed E-state index contributed by atoms with van der Waals surface area (Å²) in [7, 11) is 0. The van der Waals surface area contributed by atoms with Gasteiger partial charge in [0.2, 0.25) is 11.6 Å². The Kier molecular flexibility index (Phi) is 8.02. The van der Waals surface area contributed by atoms with E-state index in [9.17, 15) is 37.7 Å². The average molecular weight is 506 g/mol. The number of rotatable bonds is 8. The minimum Gasteiger partial charge on any atom is -0.462 e. The van der Waals surface area contributed by atoms with Gasteiger partial charge in [-0.2, -0.15) is 18.3 Å². The molecule has 0 aliphatic heterocycles. The minimum absolute atomic E-state index is 0.0260. The molecule has 0 atom stereocenters. The molecule has 0 aliphatic carbocycles. The Morgan fingerprint density at radius 2 is 1.85 bits per heavy atom. The molecule has 0 saturated heterocycles. The molecule has 0 aliphatic rings. The van der Waals surface area contributed by atoms with Gasteiger partial charge in [0, 0.05) is 0 Å². The fourth-order valence-electron chi connectivity index (χ4n) is 2.91. The van der Waals surface area contributed by atoms with Crippen LogP contribution in [0, 0.1) is 24.0 Å². The molecule has 2 rings (SSSR count). The molecule has 0 unspecified atom stereocenters. The van der Waals surface area contributed by atoms with Gasteiger partial charge < -0.3 is 14.8 Å². The molecule has 2 heterocycles. The van der Waals surface area contributed by atoms with Crippen LogP contribution in [0.25, 0.3) is 0 Å². The first-order valence-corrected chi connectivity index (χ1v) is 10.6. The Balaban J connectivity index is 2.43. The number of amides is 1. The monoisotopic (exact) mass is 506 g/mol. The summed E-state index contributed by atoms with van der Waals surface area (Å²) in [6, 6.07) is 0. The summed E-state index contributed by atoms with van der Waals surface area (Å²) in [5, 5.41) is 16.5. The Labute approximate surface area is 195 Å². The van der Waals surface area contributed by atoms with E-state index in [2.05, 4.69) is 10.4 Å². The van der Waals surface area contributed by atoms with Crippen LogP contribution < -0.4 is 5.32 Å². The standard InChI is InChI=1S/C19H21F3N4O7S/c1-6-32-18(29)14-9(4)12(17(28)33-8(2)3)16(34-14)23-11(27)7-25-10(5)13(26(30)31)15(24-25)19(20,21)22/h8H,6-7H2,1-5H3,(H,23,27). The van der Waals surface area contributed by atoms with Crippen LogP contribution in [0.1, 0.15) is 57.8 Å². The summed E-state index contributed by atoms with van der Waals surface area (Å²) in [6.07, 6.45) is -5.63. The van der Waals surface area contributed by atoms with Gasteiger partial charge in [-0.3, -0.25) is 19.6 Å². The van der Waals surface area contributed by atoms with Crippen molar-refractivity contribution in [2.75, 3.05) is 11.9 Å². The number of aromatic nitrogens is 2. The summed E-state index contributed by atoms with van der Waals surface area (Å²) in [5.74, 6) is -2.51. The van der Waals surface area contributed by atoms with Crippen molar-refractivity contribution in [3.8, 4) is 0 Å². The molecule has 1 amide bonds. The molecule has 0 bridgehead atoms. The van der Waals surface area contributed by atoms with Crippen LogP contribution >= 0.6 is 11.3 Å². The Hall–Kier alpha value is -3.49. The van der Waals surface area contributed by atoms with E-state index in [0.29, 0.717) is 4.68 Å². The van der Waals surface area contributed by atoms with E-state index >= 15 is 0 Å². The molecule has 186 valence electrons. The molecule has 34 heavy (non-hydrogen) atoms. The molecule has 0 saturated carbocycles.